The molecule has 2 aromatic rings. The van der Waals surface area contributed by atoms with Crippen LogP contribution in [0, 0.1) is 0 Å². The van der Waals surface area contributed by atoms with E-state index in [4.69, 9.17) is 4.74 Å². The normalized spacial score (nSPS) is 11.2. The molecule has 0 radical (unpaired) electrons. The first-order valence-electron chi connectivity index (χ1n) is 7.17. The van der Waals surface area contributed by atoms with Crippen LogP contribution >= 0.6 is 0 Å². The third-order valence-electron chi connectivity index (χ3n) is 3.59. The third kappa shape index (κ3) is 3.82. The van der Waals surface area contributed by atoms with Crippen LogP contribution in [0.5, 0.6) is 0 Å². The summed E-state index contributed by atoms with van der Waals surface area (Å²) >= 11 is 0. The van der Waals surface area contributed by atoms with E-state index in [0.717, 1.165) is 6.42 Å². The monoisotopic (exact) mass is 298 g/mol. The third-order valence-corrected chi connectivity index (χ3v) is 5.70. The fraction of sp³-hybridized carbons (Fsp3) is 0.278. The van der Waals surface area contributed by atoms with Crippen molar-refractivity contribution in [1.29, 1.82) is 0 Å². The number of benzene rings is 2. The Labute approximate surface area is 127 Å². The van der Waals surface area contributed by atoms with E-state index in [2.05, 4.69) is 43.9 Å². The van der Waals surface area contributed by atoms with Crippen molar-refractivity contribution in [1.82, 2.24) is 0 Å². The van der Waals surface area contributed by atoms with Gasteiger partial charge < -0.3 is 4.74 Å². The molecule has 0 fully saturated rings. The zero-order chi connectivity index (χ0) is 15.5. The SMILES string of the molecule is COC(=O)c1ccc(Cc2ccccc2[Si](C)(C)C)cc1. The first-order valence-corrected chi connectivity index (χ1v) is 10.7. The predicted molar refractivity (Wildman–Crippen MR) is 90.0 cm³/mol. The molecule has 0 heterocycles. The standard InChI is InChI=1S/C18H22O2Si/c1-20-18(19)15-11-9-14(10-12-15)13-16-7-5-6-8-17(16)21(2,3)4/h5-12H,13H2,1-4H3. The number of ether oxygens (including phenoxy) is 1. The summed E-state index contributed by atoms with van der Waals surface area (Å²) in [5.74, 6) is -0.288. The lowest BCUT2D eigenvalue weighted by Gasteiger charge is -2.21. The Morgan fingerprint density at radius 1 is 1.00 bits per heavy atom. The second-order valence-corrected chi connectivity index (χ2v) is 11.3. The van der Waals surface area contributed by atoms with Gasteiger partial charge in [-0.2, -0.15) is 0 Å². The first kappa shape index (κ1) is 15.5. The molecule has 0 aliphatic rings. The topological polar surface area (TPSA) is 26.3 Å². The molecular weight excluding hydrogens is 276 g/mol. The van der Waals surface area contributed by atoms with Crippen LogP contribution in [-0.2, 0) is 11.2 Å². The van der Waals surface area contributed by atoms with Gasteiger partial charge in [-0.3, -0.25) is 0 Å². The van der Waals surface area contributed by atoms with E-state index in [1.165, 1.54) is 23.4 Å². The molecule has 0 saturated carbocycles. The van der Waals surface area contributed by atoms with Gasteiger partial charge in [0.15, 0.2) is 0 Å². The van der Waals surface area contributed by atoms with Gasteiger partial charge in [-0.1, -0.05) is 61.2 Å². The molecular formula is C18H22O2Si. The van der Waals surface area contributed by atoms with Crippen LogP contribution < -0.4 is 5.19 Å². The Bertz CT molecular complexity index is 624. The van der Waals surface area contributed by atoms with Gasteiger partial charge in [0.1, 0.15) is 0 Å². The Balaban J connectivity index is 2.25. The molecule has 0 saturated heterocycles. The van der Waals surface area contributed by atoms with E-state index in [-0.39, 0.29) is 5.97 Å². The van der Waals surface area contributed by atoms with Gasteiger partial charge in [-0.25, -0.2) is 4.79 Å². The van der Waals surface area contributed by atoms with Crippen LogP contribution in [0.25, 0.3) is 0 Å². The van der Waals surface area contributed by atoms with Crippen molar-refractivity contribution in [2.24, 2.45) is 0 Å². The van der Waals surface area contributed by atoms with Crippen LogP contribution in [-0.4, -0.2) is 21.2 Å². The summed E-state index contributed by atoms with van der Waals surface area (Å²) in [5, 5.41) is 1.50. The fourth-order valence-corrected chi connectivity index (χ4v) is 4.23. The van der Waals surface area contributed by atoms with Gasteiger partial charge >= 0.3 is 5.97 Å². The summed E-state index contributed by atoms with van der Waals surface area (Å²) in [7, 11) is 0.0628. The predicted octanol–water partition coefficient (Wildman–Crippen LogP) is 3.61. The van der Waals surface area contributed by atoms with Crippen LogP contribution in [0.4, 0.5) is 0 Å². The minimum Gasteiger partial charge on any atom is -0.465 e. The molecule has 0 N–H and O–H groups in total. The average Bonchev–Trinajstić information content (AvgIpc) is 2.47. The number of hydrogen-bond acceptors (Lipinski definition) is 2. The van der Waals surface area contributed by atoms with E-state index >= 15 is 0 Å². The summed E-state index contributed by atoms with van der Waals surface area (Å²) in [6.07, 6.45) is 0.905. The molecule has 21 heavy (non-hydrogen) atoms. The minimum atomic E-state index is -1.34. The molecule has 2 aromatic carbocycles. The molecule has 0 unspecified atom stereocenters. The van der Waals surface area contributed by atoms with Gasteiger partial charge in [0.05, 0.1) is 20.7 Å². The smallest absolute Gasteiger partial charge is 0.337 e. The minimum absolute atomic E-state index is 0.288. The lowest BCUT2D eigenvalue weighted by Crippen LogP contribution is -2.40. The number of hydrogen-bond donors (Lipinski definition) is 0. The van der Waals surface area contributed by atoms with Gasteiger partial charge in [0.25, 0.3) is 0 Å². The molecule has 0 aromatic heterocycles. The maximum atomic E-state index is 11.5. The number of methoxy groups -OCH3 is 1. The lowest BCUT2D eigenvalue weighted by atomic mass is 10.0. The van der Waals surface area contributed by atoms with Crippen LogP contribution in [0.2, 0.25) is 19.6 Å². The highest BCUT2D eigenvalue weighted by Crippen LogP contribution is 2.13. The number of rotatable bonds is 4. The fourth-order valence-electron chi connectivity index (χ4n) is 2.50. The molecule has 0 amide bonds. The zero-order valence-corrected chi connectivity index (χ0v) is 14.1. The molecule has 0 spiro atoms. The highest BCUT2D eigenvalue weighted by molar-refractivity contribution is 6.89. The van der Waals surface area contributed by atoms with Crippen molar-refractivity contribution in [2.45, 2.75) is 26.1 Å². The van der Waals surface area contributed by atoms with E-state index in [9.17, 15) is 4.79 Å². The van der Waals surface area contributed by atoms with E-state index in [1.54, 1.807) is 0 Å². The summed E-state index contributed by atoms with van der Waals surface area (Å²) in [4.78, 5) is 11.5. The van der Waals surface area contributed by atoms with Crippen molar-refractivity contribution in [3.8, 4) is 0 Å². The maximum Gasteiger partial charge on any atom is 0.337 e. The lowest BCUT2D eigenvalue weighted by molar-refractivity contribution is 0.0600. The largest absolute Gasteiger partial charge is 0.465 e. The number of carbonyl (C=O) groups is 1. The van der Waals surface area contributed by atoms with Gasteiger partial charge in [0, 0.05) is 0 Å². The van der Waals surface area contributed by atoms with E-state index < -0.39 is 8.07 Å². The van der Waals surface area contributed by atoms with Crippen molar-refractivity contribution >= 4 is 19.2 Å². The second kappa shape index (κ2) is 6.27. The maximum absolute atomic E-state index is 11.5. The molecule has 0 atom stereocenters. The molecule has 2 nitrogen and oxygen atoms in total. The number of carbonyl (C=O) groups excluding carboxylic acids is 1. The summed E-state index contributed by atoms with van der Waals surface area (Å²) in [6, 6.07) is 16.4. The molecule has 0 bridgehead atoms. The first-order chi connectivity index (χ1) is 9.91. The molecule has 110 valence electrons. The van der Waals surface area contributed by atoms with Crippen LogP contribution in [0.15, 0.2) is 48.5 Å². The molecule has 0 aliphatic carbocycles. The van der Waals surface area contributed by atoms with Gasteiger partial charge in [-0.15, -0.1) is 0 Å². The summed E-state index contributed by atoms with van der Waals surface area (Å²) < 4.78 is 4.72. The highest BCUT2D eigenvalue weighted by atomic mass is 28.3. The van der Waals surface area contributed by atoms with Gasteiger partial charge in [-0.05, 0) is 29.7 Å². The Morgan fingerprint density at radius 3 is 2.19 bits per heavy atom. The van der Waals surface area contributed by atoms with Gasteiger partial charge in [0.2, 0.25) is 0 Å². The van der Waals surface area contributed by atoms with Crippen LogP contribution in [0.1, 0.15) is 21.5 Å². The van der Waals surface area contributed by atoms with Crippen molar-refractivity contribution in [2.75, 3.05) is 7.11 Å². The Hall–Kier alpha value is -1.87. The summed E-state index contributed by atoms with van der Waals surface area (Å²) in [5.41, 5.74) is 3.20. The Morgan fingerprint density at radius 2 is 1.62 bits per heavy atom. The van der Waals surface area contributed by atoms with Crippen LogP contribution in [0.3, 0.4) is 0 Å². The highest BCUT2D eigenvalue weighted by Gasteiger charge is 2.19. The zero-order valence-electron chi connectivity index (χ0n) is 13.1. The quantitative estimate of drug-likeness (QED) is 0.637. The summed E-state index contributed by atoms with van der Waals surface area (Å²) in [6.45, 7) is 7.10. The number of esters is 1. The average molecular weight is 298 g/mol. The molecule has 3 heteroatoms. The van der Waals surface area contributed by atoms with Crippen molar-refractivity contribution in [3.63, 3.8) is 0 Å². The van der Waals surface area contributed by atoms with Crippen molar-refractivity contribution in [3.05, 3.63) is 65.2 Å². The molecule has 2 rings (SSSR count). The second-order valence-electron chi connectivity index (χ2n) is 6.27. The van der Waals surface area contributed by atoms with E-state index in [0.29, 0.717) is 5.56 Å². The Kier molecular flexibility index (Phi) is 4.63. The van der Waals surface area contributed by atoms with Crippen molar-refractivity contribution < 1.29 is 9.53 Å². The van der Waals surface area contributed by atoms with E-state index in [1.807, 2.05) is 24.3 Å². The molecule has 0 aliphatic heterocycles.